The summed E-state index contributed by atoms with van der Waals surface area (Å²) < 4.78 is 11.0. The summed E-state index contributed by atoms with van der Waals surface area (Å²) in [5.74, 6) is 1.66. The van der Waals surface area contributed by atoms with Crippen LogP contribution in [0.25, 0.3) is 22.4 Å². The summed E-state index contributed by atoms with van der Waals surface area (Å²) in [5.41, 5.74) is 7.17. The number of fused-ring (bicyclic) bond motifs is 1. The van der Waals surface area contributed by atoms with Crippen molar-refractivity contribution >= 4 is 11.0 Å². The van der Waals surface area contributed by atoms with E-state index >= 15 is 0 Å². The van der Waals surface area contributed by atoms with Crippen molar-refractivity contribution in [3.05, 3.63) is 41.9 Å². The van der Waals surface area contributed by atoms with E-state index in [1.165, 1.54) is 12.4 Å². The Bertz CT molecular complexity index is 796. The Hall–Kier alpha value is -2.48. The van der Waals surface area contributed by atoms with Crippen molar-refractivity contribution in [2.75, 3.05) is 7.11 Å². The van der Waals surface area contributed by atoms with Gasteiger partial charge in [0.2, 0.25) is 0 Å². The average Bonchev–Trinajstić information content (AvgIpc) is 2.97. The Morgan fingerprint density at radius 1 is 1.23 bits per heavy atom. The normalized spacial score (nSPS) is 11.3. The first-order valence-corrected chi connectivity index (χ1v) is 6.61. The third-order valence-electron chi connectivity index (χ3n) is 3.28. The standard InChI is InChI=1S/C15H15N3O4/c1-21-12-4-9(2-8-3-11(5-16)22-13(8)12)14-17-6-10(7-18-14)15(19)20/h2-4,6-7,15,19-20H,5,16H2,1H3. The molecule has 0 saturated carbocycles. The molecule has 4 N–H and O–H groups in total. The van der Waals surface area contributed by atoms with Gasteiger partial charge in [0.05, 0.1) is 13.7 Å². The second-order valence-electron chi connectivity index (χ2n) is 4.73. The second-order valence-corrected chi connectivity index (χ2v) is 4.73. The number of nitrogens with two attached hydrogens (primary N) is 1. The predicted octanol–water partition coefficient (Wildman–Crippen LogP) is 1.34. The van der Waals surface area contributed by atoms with Crippen LogP contribution >= 0.6 is 0 Å². The van der Waals surface area contributed by atoms with Gasteiger partial charge in [-0.25, -0.2) is 9.97 Å². The lowest BCUT2D eigenvalue weighted by atomic mass is 10.1. The molecule has 2 aromatic heterocycles. The maximum Gasteiger partial charge on any atom is 0.181 e. The lowest BCUT2D eigenvalue weighted by Gasteiger charge is -2.06. The van der Waals surface area contributed by atoms with E-state index < -0.39 is 6.29 Å². The van der Waals surface area contributed by atoms with E-state index in [1.807, 2.05) is 12.1 Å². The first-order valence-electron chi connectivity index (χ1n) is 6.61. The zero-order valence-electron chi connectivity index (χ0n) is 11.9. The monoisotopic (exact) mass is 301 g/mol. The minimum absolute atomic E-state index is 0.227. The number of rotatable bonds is 4. The predicted molar refractivity (Wildman–Crippen MR) is 78.9 cm³/mol. The fourth-order valence-electron chi connectivity index (χ4n) is 2.18. The molecule has 22 heavy (non-hydrogen) atoms. The Morgan fingerprint density at radius 3 is 2.55 bits per heavy atom. The number of hydrogen-bond donors (Lipinski definition) is 3. The van der Waals surface area contributed by atoms with Gasteiger partial charge in [0.25, 0.3) is 0 Å². The SMILES string of the molecule is COc1cc(-c2ncc(C(O)O)cn2)cc2cc(CN)oc12. The molecule has 0 unspecified atom stereocenters. The van der Waals surface area contributed by atoms with Crippen molar-refractivity contribution in [3.63, 3.8) is 0 Å². The summed E-state index contributed by atoms with van der Waals surface area (Å²) >= 11 is 0. The molecule has 3 rings (SSSR count). The van der Waals surface area contributed by atoms with Gasteiger partial charge in [0.15, 0.2) is 23.4 Å². The third kappa shape index (κ3) is 2.52. The van der Waals surface area contributed by atoms with Gasteiger partial charge in [-0.05, 0) is 18.2 Å². The molecule has 2 heterocycles. The van der Waals surface area contributed by atoms with Crippen molar-refractivity contribution in [1.82, 2.24) is 9.97 Å². The highest BCUT2D eigenvalue weighted by atomic mass is 16.5. The molecule has 0 aliphatic heterocycles. The lowest BCUT2D eigenvalue weighted by Crippen LogP contribution is -1.98. The number of aliphatic hydroxyl groups is 2. The number of aliphatic hydroxyl groups excluding tert-OH is 1. The first kappa shape index (κ1) is 14.5. The molecule has 0 amide bonds. The molecule has 0 saturated heterocycles. The Labute approximate surface area is 126 Å². The van der Waals surface area contributed by atoms with Gasteiger partial charge in [-0.3, -0.25) is 0 Å². The Balaban J connectivity index is 2.10. The number of aromatic nitrogens is 2. The molecule has 3 aromatic rings. The summed E-state index contributed by atoms with van der Waals surface area (Å²) in [7, 11) is 1.55. The maximum atomic E-state index is 9.07. The van der Waals surface area contributed by atoms with Crippen LogP contribution in [0.1, 0.15) is 17.6 Å². The van der Waals surface area contributed by atoms with Crippen molar-refractivity contribution in [1.29, 1.82) is 0 Å². The molecule has 0 spiro atoms. The van der Waals surface area contributed by atoms with E-state index in [2.05, 4.69) is 9.97 Å². The van der Waals surface area contributed by atoms with Gasteiger partial charge >= 0.3 is 0 Å². The number of ether oxygens (including phenoxy) is 1. The second kappa shape index (κ2) is 5.72. The number of nitrogens with zero attached hydrogens (tertiary/aromatic N) is 2. The summed E-state index contributed by atoms with van der Waals surface area (Å²) in [6.45, 7) is 0.298. The van der Waals surface area contributed by atoms with E-state index in [4.69, 9.17) is 25.1 Å². The maximum absolute atomic E-state index is 9.07. The zero-order chi connectivity index (χ0) is 15.7. The van der Waals surface area contributed by atoms with Crippen LogP contribution in [0, 0.1) is 0 Å². The van der Waals surface area contributed by atoms with Crippen molar-refractivity contribution in [2.45, 2.75) is 12.8 Å². The highest BCUT2D eigenvalue weighted by Crippen LogP contribution is 2.33. The first-order chi connectivity index (χ1) is 10.6. The summed E-state index contributed by atoms with van der Waals surface area (Å²) in [4.78, 5) is 8.27. The van der Waals surface area contributed by atoms with Crippen LogP contribution in [-0.2, 0) is 6.54 Å². The van der Waals surface area contributed by atoms with Crippen LogP contribution < -0.4 is 10.5 Å². The van der Waals surface area contributed by atoms with Crippen LogP contribution in [0.5, 0.6) is 5.75 Å². The van der Waals surface area contributed by atoms with Gasteiger partial charge < -0.3 is 25.1 Å². The third-order valence-corrected chi connectivity index (χ3v) is 3.28. The fraction of sp³-hybridized carbons (Fsp3) is 0.200. The topological polar surface area (TPSA) is 115 Å². The fourth-order valence-corrected chi connectivity index (χ4v) is 2.18. The smallest absolute Gasteiger partial charge is 0.181 e. The molecule has 0 aliphatic rings. The van der Waals surface area contributed by atoms with Crippen LogP contribution in [0.15, 0.2) is 35.0 Å². The van der Waals surface area contributed by atoms with Gasteiger partial charge in [-0.1, -0.05) is 0 Å². The van der Waals surface area contributed by atoms with Crippen molar-refractivity contribution in [2.24, 2.45) is 5.73 Å². The number of furan rings is 1. The highest BCUT2D eigenvalue weighted by Gasteiger charge is 2.13. The minimum Gasteiger partial charge on any atom is -0.493 e. The molecule has 0 fully saturated rings. The molecular weight excluding hydrogens is 286 g/mol. The summed E-state index contributed by atoms with van der Waals surface area (Å²) in [5, 5.41) is 19.0. The van der Waals surface area contributed by atoms with Crippen LogP contribution in [0.2, 0.25) is 0 Å². The van der Waals surface area contributed by atoms with Gasteiger partial charge in [0, 0.05) is 28.9 Å². The van der Waals surface area contributed by atoms with Crippen molar-refractivity contribution < 1.29 is 19.4 Å². The van der Waals surface area contributed by atoms with Gasteiger partial charge in [-0.15, -0.1) is 0 Å². The molecule has 0 aliphatic carbocycles. The van der Waals surface area contributed by atoms with Crippen molar-refractivity contribution in [3.8, 4) is 17.1 Å². The molecule has 0 atom stereocenters. The number of hydrogen-bond acceptors (Lipinski definition) is 7. The number of methoxy groups -OCH3 is 1. The van der Waals surface area contributed by atoms with Crippen LogP contribution in [0.3, 0.4) is 0 Å². The van der Waals surface area contributed by atoms with E-state index in [-0.39, 0.29) is 5.56 Å². The molecule has 1 aromatic carbocycles. The molecule has 7 heteroatoms. The Kier molecular flexibility index (Phi) is 3.76. The average molecular weight is 301 g/mol. The van der Waals surface area contributed by atoms with E-state index in [1.54, 1.807) is 13.2 Å². The quantitative estimate of drug-likeness (QED) is 0.623. The van der Waals surface area contributed by atoms with Gasteiger partial charge in [-0.2, -0.15) is 0 Å². The molecule has 7 nitrogen and oxygen atoms in total. The van der Waals surface area contributed by atoms with Crippen LogP contribution in [0.4, 0.5) is 0 Å². The summed E-state index contributed by atoms with van der Waals surface area (Å²) in [6.07, 6.45) is 1.14. The largest absolute Gasteiger partial charge is 0.493 e. The van der Waals surface area contributed by atoms with Gasteiger partial charge in [0.1, 0.15) is 5.76 Å². The lowest BCUT2D eigenvalue weighted by molar-refractivity contribution is -0.0429. The molecule has 114 valence electrons. The summed E-state index contributed by atoms with van der Waals surface area (Å²) in [6, 6.07) is 5.47. The number of benzene rings is 1. The minimum atomic E-state index is -1.59. The van der Waals surface area contributed by atoms with E-state index in [0.29, 0.717) is 29.5 Å². The van der Waals surface area contributed by atoms with E-state index in [9.17, 15) is 0 Å². The molecule has 0 radical (unpaired) electrons. The van der Waals surface area contributed by atoms with Crippen LogP contribution in [-0.4, -0.2) is 27.3 Å². The zero-order valence-corrected chi connectivity index (χ0v) is 11.9. The molecule has 0 bridgehead atoms. The Morgan fingerprint density at radius 2 is 1.95 bits per heavy atom. The molecular formula is C15H15N3O4. The highest BCUT2D eigenvalue weighted by molar-refractivity contribution is 5.88. The van der Waals surface area contributed by atoms with E-state index in [0.717, 1.165) is 10.9 Å².